The summed E-state index contributed by atoms with van der Waals surface area (Å²) in [7, 11) is 1.62. The van der Waals surface area contributed by atoms with E-state index in [4.69, 9.17) is 9.47 Å². The first-order chi connectivity index (χ1) is 9.60. The maximum Gasteiger partial charge on any atom is 0.338 e. The number of benzene rings is 2. The van der Waals surface area contributed by atoms with Gasteiger partial charge in [0, 0.05) is 5.57 Å². The van der Waals surface area contributed by atoms with E-state index in [-0.39, 0.29) is 0 Å². The summed E-state index contributed by atoms with van der Waals surface area (Å²) in [6, 6.07) is 15.9. The summed E-state index contributed by atoms with van der Waals surface area (Å²) in [6.45, 7) is 5.16. The molecule has 0 N–H and O–H groups in total. The van der Waals surface area contributed by atoms with Crippen LogP contribution < -0.4 is 9.47 Å². The lowest BCUT2D eigenvalue weighted by Gasteiger charge is -2.06. The number of rotatable bonds is 4. The number of ether oxygens (including phenoxy) is 2. The highest BCUT2D eigenvalue weighted by molar-refractivity contribution is 5.88. The lowest BCUT2D eigenvalue weighted by molar-refractivity contribution is -0.130. The second-order valence-electron chi connectivity index (χ2n) is 4.34. The maximum absolute atomic E-state index is 11.4. The van der Waals surface area contributed by atoms with Gasteiger partial charge in [-0.3, -0.25) is 0 Å². The van der Waals surface area contributed by atoms with Crippen LogP contribution in [0.4, 0.5) is 0 Å². The highest BCUT2D eigenvalue weighted by Gasteiger charge is 2.06. The zero-order valence-corrected chi connectivity index (χ0v) is 11.5. The first-order valence-corrected chi connectivity index (χ1v) is 6.14. The monoisotopic (exact) mass is 267 g/mol. The zero-order chi connectivity index (χ0) is 14.5. The zero-order valence-electron chi connectivity index (χ0n) is 11.5. The predicted octanol–water partition coefficient (Wildman–Crippen LogP) is 3.64. The van der Waals surface area contributed by atoms with Crippen LogP contribution in [0.15, 0.2) is 54.6 Å². The van der Waals surface area contributed by atoms with Crippen molar-refractivity contribution in [1.29, 1.82) is 0 Å². The van der Waals surface area contributed by atoms with Gasteiger partial charge in [-0.05, 0) is 48.4 Å². The molecule has 0 aliphatic carbocycles. The molecule has 0 aliphatic rings. The van der Waals surface area contributed by atoms with Gasteiger partial charge in [0.15, 0.2) is 0 Å². The standard InChI is InChI=1S/C17H15O3/c1-12(2)17(18)20-15-9-7-13(8-10-15)14-5-4-6-16(11-14)19-3/h4,6-11H,1H2,2-3H3. The fraction of sp³-hybridized carbons (Fsp3) is 0.118. The Balaban J connectivity index is 2.19. The van der Waals surface area contributed by atoms with Gasteiger partial charge in [-0.1, -0.05) is 24.8 Å². The molecule has 2 aromatic carbocycles. The van der Waals surface area contributed by atoms with Crippen molar-refractivity contribution in [2.24, 2.45) is 0 Å². The van der Waals surface area contributed by atoms with Crippen LogP contribution in [0, 0.1) is 6.07 Å². The normalized spacial score (nSPS) is 9.90. The fourth-order valence-electron chi connectivity index (χ4n) is 1.64. The Morgan fingerprint density at radius 3 is 2.45 bits per heavy atom. The van der Waals surface area contributed by atoms with E-state index in [1.807, 2.05) is 30.3 Å². The smallest absolute Gasteiger partial charge is 0.338 e. The molecule has 0 unspecified atom stereocenters. The van der Waals surface area contributed by atoms with E-state index < -0.39 is 5.97 Å². The largest absolute Gasteiger partial charge is 0.497 e. The fourth-order valence-corrected chi connectivity index (χ4v) is 1.64. The van der Waals surface area contributed by atoms with E-state index in [1.165, 1.54) is 0 Å². The average Bonchev–Trinajstić information content (AvgIpc) is 2.48. The highest BCUT2D eigenvalue weighted by Crippen LogP contribution is 2.25. The Kier molecular flexibility index (Phi) is 4.20. The van der Waals surface area contributed by atoms with Gasteiger partial charge >= 0.3 is 5.97 Å². The molecule has 20 heavy (non-hydrogen) atoms. The Hall–Kier alpha value is -2.55. The quantitative estimate of drug-likeness (QED) is 0.482. The molecule has 3 heteroatoms. The summed E-state index contributed by atoms with van der Waals surface area (Å²) < 4.78 is 10.3. The van der Waals surface area contributed by atoms with Crippen molar-refractivity contribution in [3.8, 4) is 22.6 Å². The lowest BCUT2D eigenvalue weighted by Crippen LogP contribution is -2.07. The van der Waals surface area contributed by atoms with Crippen LogP contribution in [0.5, 0.6) is 11.5 Å². The Morgan fingerprint density at radius 2 is 1.85 bits per heavy atom. The molecular weight excluding hydrogens is 252 g/mol. The summed E-state index contributed by atoms with van der Waals surface area (Å²) in [5, 5.41) is 0. The third-order valence-electron chi connectivity index (χ3n) is 2.73. The lowest BCUT2D eigenvalue weighted by atomic mass is 10.1. The Morgan fingerprint density at radius 1 is 1.15 bits per heavy atom. The van der Waals surface area contributed by atoms with Crippen LogP contribution in [0.3, 0.4) is 0 Å². The van der Waals surface area contributed by atoms with Gasteiger partial charge in [0.2, 0.25) is 0 Å². The molecule has 0 atom stereocenters. The second-order valence-corrected chi connectivity index (χ2v) is 4.34. The molecule has 0 saturated carbocycles. The molecule has 0 bridgehead atoms. The molecule has 0 amide bonds. The van der Waals surface area contributed by atoms with Gasteiger partial charge in [0.25, 0.3) is 0 Å². The average molecular weight is 267 g/mol. The number of esters is 1. The van der Waals surface area contributed by atoms with Crippen molar-refractivity contribution in [3.63, 3.8) is 0 Å². The number of carbonyl (C=O) groups excluding carboxylic acids is 1. The van der Waals surface area contributed by atoms with Gasteiger partial charge in [0.05, 0.1) is 7.11 Å². The topological polar surface area (TPSA) is 35.5 Å². The van der Waals surface area contributed by atoms with Gasteiger partial charge in [-0.15, -0.1) is 0 Å². The highest BCUT2D eigenvalue weighted by atomic mass is 16.5. The molecule has 0 heterocycles. The number of methoxy groups -OCH3 is 1. The van der Waals surface area contributed by atoms with Crippen molar-refractivity contribution in [2.45, 2.75) is 6.92 Å². The van der Waals surface area contributed by atoms with Crippen molar-refractivity contribution < 1.29 is 14.3 Å². The minimum Gasteiger partial charge on any atom is -0.497 e. The molecule has 1 radical (unpaired) electrons. The number of hydrogen-bond donors (Lipinski definition) is 0. The predicted molar refractivity (Wildman–Crippen MR) is 77.7 cm³/mol. The SMILES string of the molecule is C=C(C)C(=O)Oc1ccc(-c2[c]ccc(OC)c2)cc1. The summed E-state index contributed by atoms with van der Waals surface area (Å²) in [4.78, 5) is 11.4. The minimum absolute atomic E-state index is 0.371. The van der Waals surface area contributed by atoms with E-state index in [0.29, 0.717) is 11.3 Å². The molecule has 0 aromatic heterocycles. The molecule has 0 aliphatic heterocycles. The van der Waals surface area contributed by atoms with Crippen molar-refractivity contribution >= 4 is 5.97 Å². The molecule has 2 rings (SSSR count). The number of hydrogen-bond acceptors (Lipinski definition) is 3. The van der Waals surface area contributed by atoms with Gasteiger partial charge in [-0.2, -0.15) is 0 Å². The van der Waals surface area contributed by atoms with Gasteiger partial charge in [0.1, 0.15) is 11.5 Å². The van der Waals surface area contributed by atoms with Crippen LogP contribution in [-0.4, -0.2) is 13.1 Å². The molecule has 3 nitrogen and oxygen atoms in total. The maximum atomic E-state index is 11.4. The molecular formula is C17H15O3. The Bertz CT molecular complexity index is 627. The molecule has 0 saturated heterocycles. The Labute approximate surface area is 118 Å². The molecule has 0 fully saturated rings. The third-order valence-corrected chi connectivity index (χ3v) is 2.73. The summed E-state index contributed by atoms with van der Waals surface area (Å²) in [5.41, 5.74) is 2.26. The van der Waals surface area contributed by atoms with Crippen molar-refractivity contribution in [2.75, 3.05) is 7.11 Å². The van der Waals surface area contributed by atoms with E-state index in [0.717, 1.165) is 16.9 Å². The van der Waals surface area contributed by atoms with E-state index in [1.54, 1.807) is 26.2 Å². The first kappa shape index (κ1) is 13.9. The van der Waals surface area contributed by atoms with E-state index in [2.05, 4.69) is 12.6 Å². The molecule has 101 valence electrons. The van der Waals surface area contributed by atoms with Crippen molar-refractivity contribution in [1.82, 2.24) is 0 Å². The van der Waals surface area contributed by atoms with E-state index in [9.17, 15) is 4.79 Å². The van der Waals surface area contributed by atoms with Crippen LogP contribution in [0.1, 0.15) is 6.92 Å². The summed E-state index contributed by atoms with van der Waals surface area (Å²) in [6.07, 6.45) is 0. The van der Waals surface area contributed by atoms with Gasteiger partial charge < -0.3 is 9.47 Å². The summed E-state index contributed by atoms with van der Waals surface area (Å²) >= 11 is 0. The molecule has 0 spiro atoms. The van der Waals surface area contributed by atoms with E-state index >= 15 is 0 Å². The minimum atomic E-state index is -0.425. The van der Waals surface area contributed by atoms with Gasteiger partial charge in [-0.25, -0.2) is 4.79 Å². The van der Waals surface area contributed by atoms with Crippen molar-refractivity contribution in [3.05, 3.63) is 60.7 Å². The van der Waals surface area contributed by atoms with Crippen LogP contribution in [-0.2, 0) is 4.79 Å². The second kappa shape index (κ2) is 6.06. The number of carbonyl (C=O) groups is 1. The third kappa shape index (κ3) is 3.26. The first-order valence-electron chi connectivity index (χ1n) is 6.14. The van der Waals surface area contributed by atoms with Crippen LogP contribution in [0.2, 0.25) is 0 Å². The summed E-state index contributed by atoms with van der Waals surface area (Å²) in [5.74, 6) is 0.840. The molecule has 2 aromatic rings. The van der Waals surface area contributed by atoms with Crippen LogP contribution in [0.25, 0.3) is 11.1 Å². The van der Waals surface area contributed by atoms with Crippen LogP contribution >= 0.6 is 0 Å².